The van der Waals surface area contributed by atoms with Crippen LogP contribution in [0.4, 0.5) is 0 Å². The van der Waals surface area contributed by atoms with Gasteiger partial charge < -0.3 is 18.9 Å². The Kier molecular flexibility index (Phi) is 6.04. The third-order valence-corrected chi connectivity index (χ3v) is 6.68. The molecule has 1 aliphatic rings. The van der Waals surface area contributed by atoms with Crippen LogP contribution in [0.5, 0.6) is 11.5 Å². The zero-order chi connectivity index (χ0) is 26.2. The molecule has 4 aromatic carbocycles. The first kappa shape index (κ1) is 23.7. The number of carbonyl (C=O) groups excluding carboxylic acids is 2. The lowest BCUT2D eigenvalue weighted by Gasteiger charge is -2.17. The van der Waals surface area contributed by atoms with Gasteiger partial charge in [-0.3, -0.25) is 4.98 Å². The first-order valence-electron chi connectivity index (χ1n) is 12.6. The SMILES string of the molecule is CCOC(=O)c1c(Cc2ccc3c(c2)OCO3)nc2ccc3cc4ccccc4cc3c2c1C(=O)OCC. The maximum absolute atomic E-state index is 13.6. The van der Waals surface area contributed by atoms with Crippen molar-refractivity contribution < 1.29 is 28.5 Å². The number of rotatable bonds is 6. The molecule has 190 valence electrons. The van der Waals surface area contributed by atoms with Crippen LogP contribution in [-0.2, 0) is 15.9 Å². The summed E-state index contributed by atoms with van der Waals surface area (Å²) in [6.07, 6.45) is 0.281. The largest absolute Gasteiger partial charge is 0.462 e. The van der Waals surface area contributed by atoms with E-state index in [1.807, 2.05) is 60.7 Å². The highest BCUT2D eigenvalue weighted by Crippen LogP contribution is 2.36. The molecule has 2 heterocycles. The van der Waals surface area contributed by atoms with Crippen LogP contribution in [0.3, 0.4) is 0 Å². The first-order valence-corrected chi connectivity index (χ1v) is 12.6. The number of ether oxygens (including phenoxy) is 4. The number of esters is 2. The number of carbonyl (C=O) groups is 2. The lowest BCUT2D eigenvalue weighted by molar-refractivity contribution is 0.0479. The molecule has 1 aliphatic heterocycles. The standard InChI is InChI=1S/C31H25NO6/c1-3-35-30(33)28-24(13-18-9-12-25-26(14-18)38-17-37-25)32-23-11-10-21-15-19-7-5-6-8-20(19)16-22(21)27(23)29(28)31(34)36-4-2/h5-12,14-16H,3-4,13,17H2,1-2H3. The van der Waals surface area contributed by atoms with Gasteiger partial charge in [-0.2, -0.15) is 0 Å². The molecule has 7 heteroatoms. The second-order valence-corrected chi connectivity index (χ2v) is 8.99. The van der Waals surface area contributed by atoms with E-state index in [9.17, 15) is 9.59 Å². The molecule has 0 bridgehead atoms. The molecule has 0 fully saturated rings. The lowest BCUT2D eigenvalue weighted by Crippen LogP contribution is -2.19. The van der Waals surface area contributed by atoms with Crippen LogP contribution in [0.1, 0.15) is 45.8 Å². The van der Waals surface area contributed by atoms with E-state index in [-0.39, 0.29) is 37.6 Å². The number of pyridine rings is 1. The third kappa shape index (κ3) is 4.06. The van der Waals surface area contributed by atoms with E-state index >= 15 is 0 Å². The average Bonchev–Trinajstić information content (AvgIpc) is 3.39. The van der Waals surface area contributed by atoms with E-state index in [2.05, 4.69) is 6.07 Å². The molecule has 0 saturated heterocycles. The van der Waals surface area contributed by atoms with Gasteiger partial charge in [0.2, 0.25) is 6.79 Å². The van der Waals surface area contributed by atoms with Crippen molar-refractivity contribution in [1.29, 1.82) is 0 Å². The number of hydrogen-bond acceptors (Lipinski definition) is 7. The average molecular weight is 508 g/mol. The van der Waals surface area contributed by atoms with Crippen molar-refractivity contribution in [3.8, 4) is 11.5 Å². The van der Waals surface area contributed by atoms with Crippen molar-refractivity contribution in [2.75, 3.05) is 20.0 Å². The minimum absolute atomic E-state index is 0.121. The van der Waals surface area contributed by atoms with Crippen LogP contribution in [0, 0.1) is 0 Å². The summed E-state index contributed by atoms with van der Waals surface area (Å²) in [5.74, 6) is 0.0928. The lowest BCUT2D eigenvalue weighted by atomic mass is 9.92. The van der Waals surface area contributed by atoms with Crippen molar-refractivity contribution in [1.82, 2.24) is 4.98 Å². The van der Waals surface area contributed by atoms with Gasteiger partial charge in [-0.1, -0.05) is 36.4 Å². The van der Waals surface area contributed by atoms with E-state index in [4.69, 9.17) is 23.9 Å². The van der Waals surface area contributed by atoms with Crippen molar-refractivity contribution in [2.45, 2.75) is 20.3 Å². The Hall–Kier alpha value is -4.65. The van der Waals surface area contributed by atoms with Gasteiger partial charge >= 0.3 is 11.9 Å². The number of fused-ring (bicyclic) bond motifs is 5. The van der Waals surface area contributed by atoms with Gasteiger partial charge in [0, 0.05) is 11.8 Å². The van der Waals surface area contributed by atoms with E-state index in [0.717, 1.165) is 27.1 Å². The molecule has 0 spiro atoms. The topological polar surface area (TPSA) is 84.0 Å². The smallest absolute Gasteiger partial charge is 0.340 e. The van der Waals surface area contributed by atoms with Crippen LogP contribution in [-0.4, -0.2) is 36.9 Å². The highest BCUT2D eigenvalue weighted by Gasteiger charge is 2.29. The molecule has 0 radical (unpaired) electrons. The predicted octanol–water partition coefficient (Wildman–Crippen LogP) is 6.21. The second kappa shape index (κ2) is 9.67. The van der Waals surface area contributed by atoms with E-state index in [1.54, 1.807) is 13.8 Å². The van der Waals surface area contributed by atoms with Gasteiger partial charge in [-0.25, -0.2) is 9.59 Å². The number of benzene rings is 4. The van der Waals surface area contributed by atoms with E-state index < -0.39 is 11.9 Å². The predicted molar refractivity (Wildman–Crippen MR) is 144 cm³/mol. The molecule has 7 nitrogen and oxygen atoms in total. The number of nitrogens with zero attached hydrogens (tertiary/aromatic N) is 1. The number of aromatic nitrogens is 1. The Morgan fingerprint density at radius 2 is 1.50 bits per heavy atom. The minimum atomic E-state index is -0.613. The molecule has 0 N–H and O–H groups in total. The van der Waals surface area contributed by atoms with Crippen LogP contribution in [0.15, 0.2) is 66.7 Å². The fourth-order valence-electron chi connectivity index (χ4n) is 5.03. The summed E-state index contributed by atoms with van der Waals surface area (Å²) in [5, 5.41) is 4.42. The highest BCUT2D eigenvalue weighted by molar-refractivity contribution is 6.21. The first-order chi connectivity index (χ1) is 18.6. The summed E-state index contributed by atoms with van der Waals surface area (Å²) in [7, 11) is 0. The quantitative estimate of drug-likeness (QED) is 0.153. The van der Waals surface area contributed by atoms with Crippen LogP contribution in [0.2, 0.25) is 0 Å². The van der Waals surface area contributed by atoms with Gasteiger partial charge in [0.05, 0.1) is 35.6 Å². The van der Waals surface area contributed by atoms with Gasteiger partial charge in [-0.15, -0.1) is 0 Å². The Bertz CT molecular complexity index is 1740. The molecule has 0 aliphatic carbocycles. The summed E-state index contributed by atoms with van der Waals surface area (Å²) in [4.78, 5) is 31.9. The fraction of sp³-hybridized carbons (Fsp3) is 0.194. The zero-order valence-corrected chi connectivity index (χ0v) is 21.1. The van der Waals surface area contributed by atoms with Crippen LogP contribution >= 0.6 is 0 Å². The Morgan fingerprint density at radius 3 is 2.26 bits per heavy atom. The summed E-state index contributed by atoms with van der Waals surface area (Å²) in [5.41, 5.74) is 2.17. The molecule has 1 aromatic heterocycles. The van der Waals surface area contributed by atoms with Crippen molar-refractivity contribution in [3.05, 3.63) is 89.1 Å². The molecule has 0 saturated carbocycles. The Labute approximate surface area is 218 Å². The molecule has 0 amide bonds. The molecular formula is C31H25NO6. The van der Waals surface area contributed by atoms with Crippen molar-refractivity contribution in [2.24, 2.45) is 0 Å². The molecule has 0 atom stereocenters. The van der Waals surface area contributed by atoms with Crippen molar-refractivity contribution >= 4 is 44.4 Å². The van der Waals surface area contributed by atoms with Gasteiger partial charge in [-0.05, 0) is 71.3 Å². The Balaban J connectivity index is 1.65. The normalized spacial score (nSPS) is 12.3. The summed E-state index contributed by atoms with van der Waals surface area (Å²) in [6.45, 7) is 3.95. The monoisotopic (exact) mass is 507 g/mol. The molecule has 38 heavy (non-hydrogen) atoms. The van der Waals surface area contributed by atoms with Gasteiger partial charge in [0.1, 0.15) is 0 Å². The zero-order valence-electron chi connectivity index (χ0n) is 21.1. The molecule has 6 rings (SSSR count). The second-order valence-electron chi connectivity index (χ2n) is 8.99. The van der Waals surface area contributed by atoms with Gasteiger partial charge in [0.15, 0.2) is 11.5 Å². The Morgan fingerprint density at radius 1 is 0.789 bits per heavy atom. The van der Waals surface area contributed by atoms with Gasteiger partial charge in [0.25, 0.3) is 0 Å². The molecule has 0 unspecified atom stereocenters. The summed E-state index contributed by atoms with van der Waals surface area (Å²) in [6, 6.07) is 21.6. The molecule has 5 aromatic rings. The molecular weight excluding hydrogens is 482 g/mol. The fourth-order valence-corrected chi connectivity index (χ4v) is 5.03. The van der Waals surface area contributed by atoms with E-state index in [1.165, 1.54) is 0 Å². The van der Waals surface area contributed by atoms with E-state index in [0.29, 0.717) is 28.1 Å². The summed E-state index contributed by atoms with van der Waals surface area (Å²) >= 11 is 0. The maximum Gasteiger partial charge on any atom is 0.340 e. The third-order valence-electron chi connectivity index (χ3n) is 6.68. The number of hydrogen-bond donors (Lipinski definition) is 0. The highest BCUT2D eigenvalue weighted by atomic mass is 16.7. The van der Waals surface area contributed by atoms with Crippen LogP contribution in [0.25, 0.3) is 32.4 Å². The van der Waals surface area contributed by atoms with Crippen LogP contribution < -0.4 is 9.47 Å². The summed E-state index contributed by atoms with van der Waals surface area (Å²) < 4.78 is 21.9. The van der Waals surface area contributed by atoms with Crippen molar-refractivity contribution in [3.63, 3.8) is 0 Å². The maximum atomic E-state index is 13.6. The minimum Gasteiger partial charge on any atom is -0.462 e.